The summed E-state index contributed by atoms with van der Waals surface area (Å²) in [4.78, 5) is 8.02. The summed E-state index contributed by atoms with van der Waals surface area (Å²) >= 11 is 0. The Morgan fingerprint density at radius 3 is 2.58 bits per heavy atom. The second-order valence-corrected chi connectivity index (χ2v) is 4.27. The van der Waals surface area contributed by atoms with Crippen molar-refractivity contribution < 1.29 is 4.39 Å². The average molecular weight is 256 g/mol. The quantitative estimate of drug-likeness (QED) is 0.913. The van der Waals surface area contributed by atoms with Crippen molar-refractivity contribution in [2.24, 2.45) is 0 Å². The van der Waals surface area contributed by atoms with Gasteiger partial charge in [-0.25, -0.2) is 14.4 Å². The van der Waals surface area contributed by atoms with E-state index in [0.29, 0.717) is 5.82 Å². The summed E-state index contributed by atoms with van der Waals surface area (Å²) in [6.07, 6.45) is 3.70. The van der Waals surface area contributed by atoms with Crippen molar-refractivity contribution in [3.63, 3.8) is 0 Å². The lowest BCUT2D eigenvalue weighted by molar-refractivity contribution is 0.626. The topological polar surface area (TPSA) is 61.6 Å². The largest absolute Gasteiger partial charge is 0.366 e. The highest BCUT2D eigenvalue weighted by atomic mass is 19.1. The van der Waals surface area contributed by atoms with E-state index in [1.807, 2.05) is 13.0 Å². The minimum atomic E-state index is -0.234. The number of nitriles is 1. The highest BCUT2D eigenvalue weighted by Gasteiger charge is 2.05. The number of hydrogen-bond donors (Lipinski definition) is 1. The van der Waals surface area contributed by atoms with Crippen LogP contribution in [0.4, 0.5) is 10.2 Å². The Balaban J connectivity index is 1.95. The van der Waals surface area contributed by atoms with Gasteiger partial charge in [-0.3, -0.25) is 0 Å². The van der Waals surface area contributed by atoms with Crippen LogP contribution in [0.3, 0.4) is 0 Å². The van der Waals surface area contributed by atoms with Gasteiger partial charge in [-0.2, -0.15) is 5.26 Å². The molecule has 19 heavy (non-hydrogen) atoms. The van der Waals surface area contributed by atoms with Gasteiger partial charge in [-0.15, -0.1) is 0 Å². The van der Waals surface area contributed by atoms with Crippen LogP contribution in [0.15, 0.2) is 36.7 Å². The van der Waals surface area contributed by atoms with Crippen molar-refractivity contribution in [1.29, 1.82) is 5.26 Å². The van der Waals surface area contributed by atoms with Gasteiger partial charge in [-0.1, -0.05) is 12.1 Å². The third kappa shape index (κ3) is 3.75. The van der Waals surface area contributed by atoms with E-state index in [0.717, 1.165) is 12.0 Å². The Bertz CT molecular complexity index is 572. The van der Waals surface area contributed by atoms with Gasteiger partial charge in [0.1, 0.15) is 17.7 Å². The zero-order valence-electron chi connectivity index (χ0n) is 10.5. The maximum absolute atomic E-state index is 12.8. The molecule has 0 fully saturated rings. The van der Waals surface area contributed by atoms with E-state index in [9.17, 15) is 4.39 Å². The number of halogens is 1. The molecular formula is C14H13FN4. The first-order valence-electron chi connectivity index (χ1n) is 5.90. The molecular weight excluding hydrogens is 243 g/mol. The minimum absolute atomic E-state index is 0.132. The molecule has 5 heteroatoms. The van der Waals surface area contributed by atoms with Crippen LogP contribution in [-0.2, 0) is 6.42 Å². The molecule has 0 bridgehead atoms. The molecule has 0 aliphatic heterocycles. The SMILES string of the molecule is CC(Cc1ccc(F)cc1)Nc1cnc(C#N)cn1. The first-order chi connectivity index (χ1) is 9.17. The highest BCUT2D eigenvalue weighted by Crippen LogP contribution is 2.09. The third-order valence-electron chi connectivity index (χ3n) is 2.62. The summed E-state index contributed by atoms with van der Waals surface area (Å²) in [7, 11) is 0. The van der Waals surface area contributed by atoms with Crippen LogP contribution in [0.1, 0.15) is 18.2 Å². The monoisotopic (exact) mass is 256 g/mol. The van der Waals surface area contributed by atoms with E-state index < -0.39 is 0 Å². The van der Waals surface area contributed by atoms with Crippen molar-refractivity contribution >= 4 is 5.82 Å². The predicted molar refractivity (Wildman–Crippen MR) is 69.9 cm³/mol. The summed E-state index contributed by atoms with van der Waals surface area (Å²) < 4.78 is 12.8. The van der Waals surface area contributed by atoms with Crippen LogP contribution in [-0.4, -0.2) is 16.0 Å². The van der Waals surface area contributed by atoms with Gasteiger partial charge in [0.2, 0.25) is 0 Å². The summed E-state index contributed by atoms with van der Waals surface area (Å²) in [5.74, 6) is 0.385. The Morgan fingerprint density at radius 1 is 1.26 bits per heavy atom. The van der Waals surface area contributed by atoms with E-state index >= 15 is 0 Å². The molecule has 0 aliphatic carbocycles. The number of benzene rings is 1. The molecule has 0 amide bonds. The highest BCUT2D eigenvalue weighted by molar-refractivity contribution is 5.34. The van der Waals surface area contributed by atoms with Crippen molar-refractivity contribution in [1.82, 2.24) is 9.97 Å². The first kappa shape index (κ1) is 13.0. The molecule has 1 aromatic carbocycles. The van der Waals surface area contributed by atoms with Crippen molar-refractivity contribution in [3.8, 4) is 6.07 Å². The molecule has 1 unspecified atom stereocenters. The van der Waals surface area contributed by atoms with Crippen LogP contribution in [0.5, 0.6) is 0 Å². The van der Waals surface area contributed by atoms with E-state index in [-0.39, 0.29) is 17.6 Å². The molecule has 0 spiro atoms. The second-order valence-electron chi connectivity index (χ2n) is 4.27. The van der Waals surface area contributed by atoms with Crippen molar-refractivity contribution in [2.45, 2.75) is 19.4 Å². The Morgan fingerprint density at radius 2 is 2.00 bits per heavy atom. The molecule has 1 atom stereocenters. The molecule has 0 saturated heterocycles. The molecule has 2 aromatic rings. The Kier molecular flexibility index (Phi) is 4.04. The minimum Gasteiger partial charge on any atom is -0.366 e. The lowest BCUT2D eigenvalue weighted by Crippen LogP contribution is -2.19. The molecule has 1 N–H and O–H groups in total. The van der Waals surface area contributed by atoms with E-state index in [1.165, 1.54) is 24.5 Å². The van der Waals surface area contributed by atoms with Crippen LogP contribution < -0.4 is 5.32 Å². The third-order valence-corrected chi connectivity index (χ3v) is 2.62. The van der Waals surface area contributed by atoms with Crippen molar-refractivity contribution in [3.05, 3.63) is 53.7 Å². The van der Waals surface area contributed by atoms with Gasteiger partial charge >= 0.3 is 0 Å². The summed E-state index contributed by atoms with van der Waals surface area (Å²) in [6, 6.07) is 8.47. The molecule has 0 radical (unpaired) electrons. The Labute approximate surface area is 110 Å². The lowest BCUT2D eigenvalue weighted by Gasteiger charge is -2.14. The normalized spacial score (nSPS) is 11.6. The summed E-state index contributed by atoms with van der Waals surface area (Å²) in [5, 5.41) is 11.8. The molecule has 1 aromatic heterocycles. The molecule has 1 heterocycles. The van der Waals surface area contributed by atoms with E-state index in [4.69, 9.17) is 5.26 Å². The average Bonchev–Trinajstić information content (AvgIpc) is 2.42. The fraction of sp³-hybridized carbons (Fsp3) is 0.214. The zero-order valence-corrected chi connectivity index (χ0v) is 10.5. The maximum Gasteiger partial charge on any atom is 0.158 e. The fourth-order valence-corrected chi connectivity index (χ4v) is 1.74. The second kappa shape index (κ2) is 5.91. The number of rotatable bonds is 4. The zero-order chi connectivity index (χ0) is 13.7. The summed E-state index contributed by atoms with van der Waals surface area (Å²) in [6.45, 7) is 2.00. The lowest BCUT2D eigenvalue weighted by atomic mass is 10.1. The van der Waals surface area contributed by atoms with E-state index in [1.54, 1.807) is 12.1 Å². The maximum atomic E-state index is 12.8. The molecule has 0 aliphatic rings. The number of aromatic nitrogens is 2. The number of nitrogens with zero attached hydrogens (tertiary/aromatic N) is 3. The number of nitrogens with one attached hydrogen (secondary N) is 1. The van der Waals surface area contributed by atoms with Crippen LogP contribution in [0.2, 0.25) is 0 Å². The first-order valence-corrected chi connectivity index (χ1v) is 5.90. The summed E-state index contributed by atoms with van der Waals surface area (Å²) in [5.41, 5.74) is 1.33. The van der Waals surface area contributed by atoms with E-state index in [2.05, 4.69) is 15.3 Å². The Hall–Kier alpha value is -2.48. The van der Waals surface area contributed by atoms with Crippen LogP contribution in [0.25, 0.3) is 0 Å². The molecule has 2 rings (SSSR count). The van der Waals surface area contributed by atoms with Gasteiger partial charge in [0.15, 0.2) is 5.69 Å². The van der Waals surface area contributed by atoms with Gasteiger partial charge in [0, 0.05) is 6.04 Å². The van der Waals surface area contributed by atoms with Gasteiger partial charge in [0.05, 0.1) is 12.4 Å². The molecule has 96 valence electrons. The predicted octanol–water partition coefficient (Wildman–Crippen LogP) is 2.53. The molecule has 4 nitrogen and oxygen atoms in total. The van der Waals surface area contributed by atoms with Gasteiger partial charge in [0.25, 0.3) is 0 Å². The van der Waals surface area contributed by atoms with Crippen molar-refractivity contribution in [2.75, 3.05) is 5.32 Å². The smallest absolute Gasteiger partial charge is 0.158 e. The number of hydrogen-bond acceptors (Lipinski definition) is 4. The van der Waals surface area contributed by atoms with Gasteiger partial charge in [-0.05, 0) is 31.0 Å². The molecule has 0 saturated carbocycles. The van der Waals surface area contributed by atoms with Crippen LogP contribution in [0, 0.1) is 17.1 Å². The number of anilines is 1. The standard InChI is InChI=1S/C14H13FN4/c1-10(6-11-2-4-12(15)5-3-11)19-14-9-17-13(7-16)8-18-14/h2-5,8-10H,6H2,1H3,(H,18,19). The van der Waals surface area contributed by atoms with Gasteiger partial charge < -0.3 is 5.32 Å². The fourth-order valence-electron chi connectivity index (χ4n) is 1.74. The van der Waals surface area contributed by atoms with Crippen LogP contribution >= 0.6 is 0 Å².